The molecule has 0 aliphatic carbocycles. The molecule has 0 saturated carbocycles. The number of ether oxygens (including phenoxy) is 1. The van der Waals surface area contributed by atoms with Crippen LogP contribution in [0, 0.1) is 30.6 Å². The predicted octanol–water partition coefficient (Wildman–Crippen LogP) is 5.50. The van der Waals surface area contributed by atoms with E-state index in [-0.39, 0.29) is 12.2 Å². The number of aromatic hydroxyl groups is 1. The van der Waals surface area contributed by atoms with E-state index in [1.807, 2.05) is 6.07 Å². The van der Waals surface area contributed by atoms with Crippen LogP contribution in [0.5, 0.6) is 5.75 Å². The summed E-state index contributed by atoms with van der Waals surface area (Å²) in [6.07, 6.45) is 4.65. The normalized spacial score (nSPS) is 12.2. The van der Waals surface area contributed by atoms with Crippen molar-refractivity contribution >= 4 is 35.2 Å². The number of carbonyl (C=O) groups excluding carboxylic acids is 3. The first-order valence-electron chi connectivity index (χ1n) is 13.4. The van der Waals surface area contributed by atoms with E-state index in [1.165, 1.54) is 12.1 Å². The number of rotatable bonds is 9. The van der Waals surface area contributed by atoms with Gasteiger partial charge in [0.25, 0.3) is 5.91 Å². The van der Waals surface area contributed by atoms with Crippen molar-refractivity contribution in [2.24, 2.45) is 0 Å². The maximum absolute atomic E-state index is 14.3. The minimum absolute atomic E-state index is 0.0196. The van der Waals surface area contributed by atoms with Gasteiger partial charge in [0.15, 0.2) is 0 Å². The second-order valence-electron chi connectivity index (χ2n) is 10.8. The third kappa shape index (κ3) is 9.00. The molecule has 10 heteroatoms. The summed E-state index contributed by atoms with van der Waals surface area (Å²) in [7, 11) is 0. The van der Waals surface area contributed by atoms with E-state index in [9.17, 15) is 24.8 Å². The molecular weight excluding hydrogens is 568 g/mol. The monoisotopic (exact) mass is 600 g/mol. The Kier molecular flexibility index (Phi) is 10.8. The number of benzene rings is 3. The standard InChI is InChI=1S/C33H33ClN4O5/c1-6-22-10-14-24(15-11-22)29(30(40)37-28-21(2)8-7-9-26(28)34)38(19-18-35)31(41)27(36-32(42)43-33(3,4)5)20-23-12-16-25(39)17-13-23/h1,7-17,27,29,39H,19-20H2,2-5H3,(H,36,42)(H,37,40). The lowest BCUT2D eigenvalue weighted by atomic mass is 9.99. The lowest BCUT2D eigenvalue weighted by molar-refractivity contribution is -0.140. The molecule has 0 fully saturated rings. The summed E-state index contributed by atoms with van der Waals surface area (Å²) in [5.41, 5.74) is 1.74. The molecule has 222 valence electrons. The van der Waals surface area contributed by atoms with Gasteiger partial charge in [-0.25, -0.2) is 4.79 Å². The number of alkyl carbamates (subject to hydrolysis) is 1. The number of carbonyl (C=O) groups is 3. The Labute approximate surface area is 256 Å². The summed E-state index contributed by atoms with van der Waals surface area (Å²) in [6, 6.07) is 17.1. The third-order valence-electron chi connectivity index (χ3n) is 6.31. The average Bonchev–Trinajstić information content (AvgIpc) is 2.94. The lowest BCUT2D eigenvalue weighted by Crippen LogP contribution is -2.53. The molecule has 0 aliphatic rings. The number of terminal acetylenes is 1. The van der Waals surface area contributed by atoms with Crippen LogP contribution >= 0.6 is 11.6 Å². The fraction of sp³-hybridized carbons (Fsp3) is 0.273. The molecule has 0 heterocycles. The largest absolute Gasteiger partial charge is 0.508 e. The predicted molar refractivity (Wildman–Crippen MR) is 164 cm³/mol. The van der Waals surface area contributed by atoms with Crippen molar-refractivity contribution in [3.8, 4) is 24.2 Å². The smallest absolute Gasteiger partial charge is 0.408 e. The average molecular weight is 601 g/mol. The summed E-state index contributed by atoms with van der Waals surface area (Å²) in [4.78, 5) is 42.1. The molecule has 0 aliphatic heterocycles. The summed E-state index contributed by atoms with van der Waals surface area (Å²) in [5, 5.41) is 25.2. The van der Waals surface area contributed by atoms with Crippen molar-refractivity contribution in [1.29, 1.82) is 5.26 Å². The number of amides is 3. The van der Waals surface area contributed by atoms with E-state index in [1.54, 1.807) is 82.3 Å². The Morgan fingerprint density at radius 2 is 1.72 bits per heavy atom. The van der Waals surface area contributed by atoms with Gasteiger partial charge in [-0.05, 0) is 74.7 Å². The maximum Gasteiger partial charge on any atom is 0.408 e. The van der Waals surface area contributed by atoms with E-state index < -0.39 is 42.1 Å². The number of nitrogens with one attached hydrogen (secondary N) is 2. The minimum Gasteiger partial charge on any atom is -0.508 e. The van der Waals surface area contributed by atoms with Crippen LogP contribution < -0.4 is 10.6 Å². The fourth-order valence-electron chi connectivity index (χ4n) is 4.31. The van der Waals surface area contributed by atoms with Crippen molar-refractivity contribution in [3.05, 3.63) is 94.0 Å². The van der Waals surface area contributed by atoms with Crippen molar-refractivity contribution in [2.75, 3.05) is 11.9 Å². The molecule has 3 aromatic carbocycles. The molecule has 3 amide bonds. The van der Waals surface area contributed by atoms with E-state index >= 15 is 0 Å². The van der Waals surface area contributed by atoms with Gasteiger partial charge < -0.3 is 25.4 Å². The molecule has 2 unspecified atom stereocenters. The Morgan fingerprint density at radius 1 is 1.07 bits per heavy atom. The zero-order valence-corrected chi connectivity index (χ0v) is 25.1. The number of nitriles is 1. The van der Waals surface area contributed by atoms with Crippen molar-refractivity contribution < 1.29 is 24.2 Å². The molecule has 0 spiro atoms. The number of phenolic OH excluding ortho intramolecular Hbond substituents is 1. The third-order valence-corrected chi connectivity index (χ3v) is 6.63. The molecule has 2 atom stereocenters. The highest BCUT2D eigenvalue weighted by molar-refractivity contribution is 6.34. The van der Waals surface area contributed by atoms with Crippen molar-refractivity contribution in [2.45, 2.75) is 51.8 Å². The number of halogens is 1. The number of hydrogen-bond acceptors (Lipinski definition) is 6. The van der Waals surface area contributed by atoms with Gasteiger partial charge >= 0.3 is 6.09 Å². The highest BCUT2D eigenvalue weighted by Gasteiger charge is 2.37. The number of para-hydroxylation sites is 1. The first-order chi connectivity index (χ1) is 20.3. The highest BCUT2D eigenvalue weighted by Crippen LogP contribution is 2.30. The summed E-state index contributed by atoms with van der Waals surface area (Å²) in [6.45, 7) is 6.33. The molecule has 3 N–H and O–H groups in total. The van der Waals surface area contributed by atoms with Gasteiger partial charge in [-0.15, -0.1) is 6.42 Å². The van der Waals surface area contributed by atoms with Gasteiger partial charge in [-0.2, -0.15) is 5.26 Å². The van der Waals surface area contributed by atoms with Crippen LogP contribution in [-0.2, 0) is 20.7 Å². The molecule has 9 nitrogen and oxygen atoms in total. The maximum atomic E-state index is 14.3. The minimum atomic E-state index is -1.31. The highest BCUT2D eigenvalue weighted by atomic mass is 35.5. The topological polar surface area (TPSA) is 132 Å². The van der Waals surface area contributed by atoms with E-state index in [0.717, 1.165) is 4.90 Å². The number of phenols is 1. The number of aryl methyl sites for hydroxylation is 1. The van der Waals surface area contributed by atoms with Crippen LogP contribution in [0.4, 0.5) is 10.5 Å². The Balaban J connectivity index is 2.09. The van der Waals surface area contributed by atoms with Crippen LogP contribution in [0.25, 0.3) is 0 Å². The quantitative estimate of drug-likeness (QED) is 0.219. The number of anilines is 1. The van der Waals surface area contributed by atoms with Gasteiger partial charge in [0.1, 0.15) is 30.0 Å². The summed E-state index contributed by atoms with van der Waals surface area (Å²) in [5.74, 6) is 1.20. The zero-order chi connectivity index (χ0) is 31.7. The van der Waals surface area contributed by atoms with Crippen LogP contribution in [0.15, 0.2) is 66.7 Å². The summed E-state index contributed by atoms with van der Waals surface area (Å²) < 4.78 is 5.40. The lowest BCUT2D eigenvalue weighted by Gasteiger charge is -2.33. The first-order valence-corrected chi connectivity index (χ1v) is 13.8. The van der Waals surface area contributed by atoms with E-state index in [0.29, 0.717) is 33.0 Å². The number of hydrogen-bond donors (Lipinski definition) is 3. The fourth-order valence-corrected chi connectivity index (χ4v) is 4.58. The second-order valence-corrected chi connectivity index (χ2v) is 11.2. The van der Waals surface area contributed by atoms with Crippen LogP contribution in [-0.4, -0.2) is 46.1 Å². The SMILES string of the molecule is C#Cc1ccc(C(C(=O)Nc2c(C)cccc2Cl)N(CC#N)C(=O)C(Cc2ccc(O)cc2)NC(=O)OC(C)(C)C)cc1. The van der Waals surface area contributed by atoms with Crippen molar-refractivity contribution in [1.82, 2.24) is 10.2 Å². The molecule has 0 aromatic heterocycles. The molecular formula is C33H33ClN4O5. The van der Waals surface area contributed by atoms with Gasteiger partial charge in [0, 0.05) is 12.0 Å². The Morgan fingerprint density at radius 3 is 2.28 bits per heavy atom. The summed E-state index contributed by atoms with van der Waals surface area (Å²) >= 11 is 6.38. The Bertz CT molecular complexity index is 1530. The van der Waals surface area contributed by atoms with E-state index in [4.69, 9.17) is 22.8 Å². The molecule has 0 bridgehead atoms. The van der Waals surface area contributed by atoms with Gasteiger partial charge in [-0.3, -0.25) is 9.59 Å². The molecule has 0 saturated heterocycles. The van der Waals surface area contributed by atoms with Crippen LogP contribution in [0.1, 0.15) is 49.1 Å². The van der Waals surface area contributed by atoms with Gasteiger partial charge in [0.05, 0.1) is 16.8 Å². The number of nitrogens with zero attached hydrogens (tertiary/aromatic N) is 2. The molecule has 0 radical (unpaired) electrons. The van der Waals surface area contributed by atoms with Gasteiger partial charge in [0.2, 0.25) is 5.91 Å². The molecule has 43 heavy (non-hydrogen) atoms. The Hall–Kier alpha value is -4.99. The van der Waals surface area contributed by atoms with Crippen LogP contribution in [0.3, 0.4) is 0 Å². The molecule has 3 aromatic rings. The van der Waals surface area contributed by atoms with E-state index in [2.05, 4.69) is 16.6 Å². The zero-order valence-electron chi connectivity index (χ0n) is 24.3. The molecule has 3 rings (SSSR count). The van der Waals surface area contributed by atoms with Gasteiger partial charge in [-0.1, -0.05) is 53.9 Å². The van der Waals surface area contributed by atoms with Crippen LogP contribution in [0.2, 0.25) is 5.02 Å². The van der Waals surface area contributed by atoms with Crippen molar-refractivity contribution in [3.63, 3.8) is 0 Å². The first kappa shape index (κ1) is 32.5. The second kappa shape index (κ2) is 14.3.